The van der Waals surface area contributed by atoms with Crippen LogP contribution in [-0.2, 0) is 19.1 Å². The highest BCUT2D eigenvalue weighted by Crippen LogP contribution is 2.29. The molecule has 0 saturated carbocycles. The molecule has 0 saturated heterocycles. The fourth-order valence-electron chi connectivity index (χ4n) is 6.61. The van der Waals surface area contributed by atoms with Crippen LogP contribution in [0.25, 0.3) is 0 Å². The molecular formula is C55H46N4O12. The summed E-state index contributed by atoms with van der Waals surface area (Å²) in [6.07, 6.45) is 0. The van der Waals surface area contributed by atoms with E-state index in [2.05, 4.69) is 34.4 Å². The average Bonchev–Trinajstić information content (AvgIpc) is 3.36. The monoisotopic (exact) mass is 954 g/mol. The number of hydrogen-bond donors (Lipinski definition) is 4. The zero-order valence-electron chi connectivity index (χ0n) is 38.9. The van der Waals surface area contributed by atoms with Crippen molar-refractivity contribution in [2.24, 2.45) is 0 Å². The number of Topliss-reactive ketones (excluding diaryl/α,β-unsaturated/α-hetero) is 2. The highest BCUT2D eigenvalue weighted by Gasteiger charge is 2.24. The Labute approximate surface area is 407 Å². The molecule has 0 spiro atoms. The maximum Gasteiger partial charge on any atom is 0.339 e. The highest BCUT2D eigenvalue weighted by atomic mass is 16.5. The molecule has 0 heterocycles. The summed E-state index contributed by atoms with van der Waals surface area (Å²) in [4.78, 5) is 117. The van der Waals surface area contributed by atoms with Crippen LogP contribution in [0.1, 0.15) is 97.5 Å². The first-order chi connectivity index (χ1) is 33.9. The minimum absolute atomic E-state index is 0.0126. The maximum absolute atomic E-state index is 14.0. The van der Waals surface area contributed by atoms with E-state index in [1.54, 1.807) is 60.7 Å². The zero-order valence-corrected chi connectivity index (χ0v) is 38.9. The van der Waals surface area contributed by atoms with Gasteiger partial charge < -0.3 is 35.5 Å². The molecule has 6 rings (SSSR count). The Morgan fingerprint density at radius 2 is 0.845 bits per heavy atom. The molecule has 6 aromatic rings. The number of ether oxygens (including phenoxy) is 3. The van der Waals surface area contributed by atoms with Crippen LogP contribution in [0.3, 0.4) is 0 Å². The van der Waals surface area contributed by atoms with E-state index in [0.29, 0.717) is 16.8 Å². The van der Waals surface area contributed by atoms with Crippen molar-refractivity contribution in [2.75, 3.05) is 36.2 Å². The van der Waals surface area contributed by atoms with Crippen molar-refractivity contribution in [3.05, 3.63) is 208 Å². The Balaban J connectivity index is 1.19. The van der Waals surface area contributed by atoms with Gasteiger partial charge in [0.25, 0.3) is 23.6 Å². The number of rotatable bonds is 19. The van der Waals surface area contributed by atoms with Crippen LogP contribution in [0.5, 0.6) is 11.5 Å². The summed E-state index contributed by atoms with van der Waals surface area (Å²) < 4.78 is 16.3. The third-order valence-electron chi connectivity index (χ3n) is 10.4. The number of hydrogen-bond acceptors (Lipinski definition) is 12. The van der Waals surface area contributed by atoms with Gasteiger partial charge in [-0.3, -0.25) is 33.6 Å². The Morgan fingerprint density at radius 3 is 1.28 bits per heavy atom. The van der Waals surface area contributed by atoms with E-state index in [1.807, 2.05) is 13.0 Å². The Bertz CT molecular complexity index is 3190. The number of carbonyl (C=O) groups excluding carboxylic acids is 9. The molecule has 0 aliphatic rings. The van der Waals surface area contributed by atoms with Gasteiger partial charge in [0.1, 0.15) is 11.5 Å². The summed E-state index contributed by atoms with van der Waals surface area (Å²) >= 11 is 0. The summed E-state index contributed by atoms with van der Waals surface area (Å²) in [5.74, 6) is -5.87. The van der Waals surface area contributed by atoms with Crippen molar-refractivity contribution in [1.29, 1.82) is 0 Å². The number of ketones is 3. The molecular weight excluding hydrogens is 909 g/mol. The van der Waals surface area contributed by atoms with Crippen molar-refractivity contribution in [2.45, 2.75) is 20.8 Å². The van der Waals surface area contributed by atoms with Crippen LogP contribution in [-0.4, -0.2) is 73.2 Å². The quantitative estimate of drug-likeness (QED) is 0.0339. The van der Waals surface area contributed by atoms with Crippen LogP contribution in [0.4, 0.5) is 17.1 Å². The number of esters is 2. The van der Waals surface area contributed by atoms with E-state index in [4.69, 9.17) is 14.2 Å². The molecule has 0 unspecified atom stereocenters. The molecule has 0 atom stereocenters. The first-order valence-corrected chi connectivity index (χ1v) is 21.7. The largest absolute Gasteiger partial charge is 0.457 e. The predicted molar refractivity (Wildman–Crippen MR) is 264 cm³/mol. The Morgan fingerprint density at radius 1 is 0.451 bits per heavy atom. The minimum Gasteiger partial charge on any atom is -0.457 e. The van der Waals surface area contributed by atoms with Gasteiger partial charge in [-0.05, 0) is 123 Å². The molecule has 0 aliphatic heterocycles. The number of aryl methyl sites for hydroxylation is 1. The van der Waals surface area contributed by atoms with Crippen molar-refractivity contribution >= 4 is 70.0 Å². The molecule has 6 aromatic carbocycles. The van der Waals surface area contributed by atoms with Crippen LogP contribution >= 0.6 is 0 Å². The second-order valence-corrected chi connectivity index (χ2v) is 16.0. The van der Waals surface area contributed by atoms with E-state index in [-0.39, 0.29) is 79.1 Å². The van der Waals surface area contributed by atoms with Gasteiger partial charge in [0.15, 0.2) is 30.6 Å². The molecule has 0 radical (unpaired) electrons. The minimum atomic E-state index is -1.03. The van der Waals surface area contributed by atoms with E-state index in [9.17, 15) is 43.2 Å². The molecule has 358 valence electrons. The van der Waals surface area contributed by atoms with Crippen LogP contribution in [0.2, 0.25) is 0 Å². The third-order valence-corrected chi connectivity index (χ3v) is 10.4. The second-order valence-electron chi connectivity index (χ2n) is 16.0. The predicted octanol–water partition coefficient (Wildman–Crippen LogP) is 8.74. The lowest BCUT2D eigenvalue weighted by atomic mass is 10.0. The molecule has 0 bridgehead atoms. The van der Waals surface area contributed by atoms with E-state index < -0.39 is 54.4 Å². The van der Waals surface area contributed by atoms with Crippen molar-refractivity contribution in [3.63, 3.8) is 0 Å². The summed E-state index contributed by atoms with van der Waals surface area (Å²) in [5, 5.41) is 10.7. The third kappa shape index (κ3) is 13.3. The standard InChI is InChI=1S/C55H46N4O12/c1-31(2)47(60)29-69-54(67)43-21-19-41(27-45(43)52(65)56-6)71-42-20-22-44(55(68)70-30-48(61)32(3)4)46(28-42)53(66)59-40-18-10-15-37(26-40)51(64)58-39-17-9-13-35(25-39)49(62)34-12-8-16-38(24-34)57-50(63)36-14-7-11-33(5)23-36/h7-28H,1,3,29-30H2,2,4-6H3,(H,56,65)(H,57,63)(H,58,64)(H,59,66). The summed E-state index contributed by atoms with van der Waals surface area (Å²) in [7, 11) is 1.34. The van der Waals surface area contributed by atoms with Gasteiger partial charge in [0.2, 0.25) is 0 Å². The number of benzene rings is 6. The molecule has 16 nitrogen and oxygen atoms in total. The Hall–Kier alpha value is -9.57. The van der Waals surface area contributed by atoms with Crippen LogP contribution in [0.15, 0.2) is 158 Å². The zero-order chi connectivity index (χ0) is 51.4. The number of carbonyl (C=O) groups is 9. The van der Waals surface area contributed by atoms with Crippen LogP contribution in [0, 0.1) is 6.92 Å². The van der Waals surface area contributed by atoms with Gasteiger partial charge in [-0.25, -0.2) is 9.59 Å². The highest BCUT2D eigenvalue weighted by molar-refractivity contribution is 6.14. The fraction of sp³-hybridized carbons (Fsp3) is 0.109. The molecule has 0 aromatic heterocycles. The Kier molecular flexibility index (Phi) is 16.4. The second kappa shape index (κ2) is 23.0. The average molecular weight is 955 g/mol. The topological polar surface area (TPSA) is 229 Å². The van der Waals surface area contributed by atoms with Gasteiger partial charge in [-0.15, -0.1) is 0 Å². The number of anilines is 3. The number of amides is 4. The molecule has 0 fully saturated rings. The van der Waals surface area contributed by atoms with Gasteiger partial charge >= 0.3 is 11.9 Å². The molecule has 71 heavy (non-hydrogen) atoms. The summed E-state index contributed by atoms with van der Waals surface area (Å²) in [6.45, 7) is 10.6. The fourth-order valence-corrected chi connectivity index (χ4v) is 6.61. The molecule has 4 N–H and O–H groups in total. The number of nitrogens with one attached hydrogen (secondary N) is 4. The molecule has 0 aliphatic carbocycles. The lowest BCUT2D eigenvalue weighted by Crippen LogP contribution is -2.23. The van der Waals surface area contributed by atoms with Crippen molar-refractivity contribution in [3.8, 4) is 11.5 Å². The van der Waals surface area contributed by atoms with Crippen molar-refractivity contribution < 1.29 is 57.4 Å². The van der Waals surface area contributed by atoms with E-state index >= 15 is 0 Å². The molecule has 16 heteroatoms. The first-order valence-electron chi connectivity index (χ1n) is 21.7. The maximum atomic E-state index is 14.0. The van der Waals surface area contributed by atoms with Gasteiger partial charge in [0.05, 0.1) is 22.3 Å². The summed E-state index contributed by atoms with van der Waals surface area (Å²) in [5.41, 5.74) is 2.33. The lowest BCUT2D eigenvalue weighted by molar-refractivity contribution is -0.119. The van der Waals surface area contributed by atoms with Crippen molar-refractivity contribution in [1.82, 2.24) is 5.32 Å². The van der Waals surface area contributed by atoms with Gasteiger partial charge in [-0.1, -0.05) is 61.2 Å². The van der Waals surface area contributed by atoms with Crippen LogP contribution < -0.4 is 26.0 Å². The summed E-state index contributed by atoms with van der Waals surface area (Å²) in [6, 6.07) is 33.3. The van der Waals surface area contributed by atoms with E-state index in [1.165, 1.54) is 87.6 Å². The smallest absolute Gasteiger partial charge is 0.339 e. The lowest BCUT2D eigenvalue weighted by Gasteiger charge is -2.14. The van der Waals surface area contributed by atoms with Gasteiger partial charge in [0, 0.05) is 46.4 Å². The van der Waals surface area contributed by atoms with E-state index in [0.717, 1.165) is 5.56 Å². The van der Waals surface area contributed by atoms with Gasteiger partial charge in [-0.2, -0.15) is 0 Å². The first kappa shape index (κ1) is 50.8. The normalized spacial score (nSPS) is 10.4. The molecule has 4 amide bonds. The SMILES string of the molecule is C=C(C)C(=O)COC(=O)c1ccc(Oc2ccc(C(=O)OCC(=O)C(=C)C)c(C(=O)Nc3cccc(C(=O)Nc4cccc(C(=O)c5cccc(NC(=O)c6cccc(C)c6)c5)c4)c3)c2)cc1C(=O)NC.